The summed E-state index contributed by atoms with van der Waals surface area (Å²) in [5.41, 5.74) is -2.12. The topological polar surface area (TPSA) is 29.4 Å². The molecule has 1 atom stereocenters. The molecule has 1 aromatic carbocycles. The van der Waals surface area contributed by atoms with E-state index in [2.05, 4.69) is 4.40 Å². The molecule has 1 aromatic rings. The molecule has 0 spiro atoms. The molecule has 0 aliphatic rings. The average molecular weight is 327 g/mol. The number of alkyl halides is 5. The summed E-state index contributed by atoms with van der Waals surface area (Å²) in [4.78, 5) is 0. The van der Waals surface area contributed by atoms with Crippen LogP contribution >= 0.6 is 0 Å². The Labute approximate surface area is 121 Å². The van der Waals surface area contributed by atoms with Crippen molar-refractivity contribution in [2.45, 2.75) is 38.1 Å². The molecule has 0 heterocycles. The molecule has 0 saturated heterocycles. The smallest absolute Gasteiger partial charge is 0.234 e. The normalized spacial score (nSPS) is 14.9. The van der Waals surface area contributed by atoms with Gasteiger partial charge in [-0.1, -0.05) is 0 Å². The maximum Gasteiger partial charge on any atom is 0.416 e. The molecular weight excluding hydrogens is 313 g/mol. The van der Waals surface area contributed by atoms with Crippen LogP contribution < -0.4 is 0 Å². The first kappa shape index (κ1) is 17.7. The minimum Gasteiger partial charge on any atom is -0.234 e. The predicted octanol–water partition coefficient (Wildman–Crippen LogP) is 4.52. The van der Waals surface area contributed by atoms with E-state index < -0.39 is 39.5 Å². The molecule has 118 valence electrons. The third-order valence-electron chi connectivity index (χ3n) is 2.38. The molecule has 21 heavy (non-hydrogen) atoms. The Morgan fingerprint density at radius 3 is 2.14 bits per heavy atom. The lowest BCUT2D eigenvalue weighted by atomic mass is 10.1. The number of rotatable bonds is 3. The first-order chi connectivity index (χ1) is 9.41. The van der Waals surface area contributed by atoms with Crippen molar-refractivity contribution >= 4 is 17.2 Å². The van der Waals surface area contributed by atoms with Crippen molar-refractivity contribution in [3.63, 3.8) is 0 Å². The minimum atomic E-state index is -4.74. The molecule has 0 fully saturated rings. The van der Waals surface area contributed by atoms with Gasteiger partial charge in [-0.3, -0.25) is 0 Å². The van der Waals surface area contributed by atoms with Gasteiger partial charge in [0.2, 0.25) is 0 Å². The summed E-state index contributed by atoms with van der Waals surface area (Å²) in [6.07, 6.45) is -6.85. The van der Waals surface area contributed by atoms with Crippen LogP contribution in [0.25, 0.3) is 0 Å². The van der Waals surface area contributed by atoms with Crippen LogP contribution in [0.5, 0.6) is 0 Å². The van der Waals surface area contributed by atoms with Crippen molar-refractivity contribution < 1.29 is 26.2 Å². The van der Waals surface area contributed by atoms with E-state index in [9.17, 15) is 26.2 Å². The van der Waals surface area contributed by atoms with Gasteiger partial charge >= 0.3 is 6.18 Å². The Morgan fingerprint density at radius 2 is 1.71 bits per heavy atom. The Kier molecular flexibility index (Phi) is 5.25. The monoisotopic (exact) mass is 327 g/mol. The van der Waals surface area contributed by atoms with E-state index in [-0.39, 0.29) is 5.56 Å². The summed E-state index contributed by atoms with van der Waals surface area (Å²) in [6, 6.07) is 1.97. The second-order valence-corrected chi connectivity index (χ2v) is 7.22. The van der Waals surface area contributed by atoms with Crippen LogP contribution in [0.1, 0.15) is 43.9 Å². The molecule has 8 heteroatoms. The van der Waals surface area contributed by atoms with Crippen LogP contribution in [0, 0.1) is 0 Å². The van der Waals surface area contributed by atoms with Gasteiger partial charge in [0.05, 0.1) is 10.3 Å². The zero-order chi connectivity index (χ0) is 16.4. The fraction of sp³-hybridized carbons (Fsp3) is 0.462. The van der Waals surface area contributed by atoms with Gasteiger partial charge in [0.1, 0.15) is 11.0 Å². The molecule has 0 saturated carbocycles. The van der Waals surface area contributed by atoms with Crippen LogP contribution in [-0.4, -0.2) is 15.2 Å². The van der Waals surface area contributed by atoms with Crippen molar-refractivity contribution in [2.24, 2.45) is 4.40 Å². The van der Waals surface area contributed by atoms with Crippen LogP contribution in [0.4, 0.5) is 22.0 Å². The third-order valence-corrected chi connectivity index (χ3v) is 3.72. The Balaban J connectivity index is 3.21. The van der Waals surface area contributed by atoms with E-state index >= 15 is 0 Å². The molecule has 0 bridgehead atoms. The summed E-state index contributed by atoms with van der Waals surface area (Å²) in [5, 5.41) is 0. The van der Waals surface area contributed by atoms with Crippen molar-refractivity contribution in [1.82, 2.24) is 0 Å². The van der Waals surface area contributed by atoms with Crippen LogP contribution in [-0.2, 0) is 17.2 Å². The Hall–Kier alpha value is -1.31. The van der Waals surface area contributed by atoms with Crippen molar-refractivity contribution in [3.8, 4) is 0 Å². The molecule has 0 aliphatic carbocycles. The fourth-order valence-electron chi connectivity index (χ4n) is 1.31. The highest BCUT2D eigenvalue weighted by Gasteiger charge is 2.31. The van der Waals surface area contributed by atoms with E-state index in [0.29, 0.717) is 12.1 Å². The summed E-state index contributed by atoms with van der Waals surface area (Å²) < 4.78 is 77.8. The fourth-order valence-corrected chi connectivity index (χ4v) is 1.84. The number of hydrogen-bond donors (Lipinski definition) is 0. The summed E-state index contributed by atoms with van der Waals surface area (Å²) in [6.45, 7) is 4.91. The summed E-state index contributed by atoms with van der Waals surface area (Å²) in [7, 11) is -1.68. The van der Waals surface area contributed by atoms with E-state index in [4.69, 9.17) is 0 Å². The maximum atomic E-state index is 12.7. The third kappa shape index (κ3) is 5.18. The molecule has 0 aliphatic heterocycles. The molecule has 1 rings (SSSR count). The van der Waals surface area contributed by atoms with Crippen molar-refractivity contribution in [2.75, 3.05) is 0 Å². The number of halogens is 5. The van der Waals surface area contributed by atoms with Crippen molar-refractivity contribution in [3.05, 3.63) is 34.9 Å². The van der Waals surface area contributed by atoms with Gasteiger partial charge in [0.15, 0.2) is 0 Å². The van der Waals surface area contributed by atoms with E-state index in [1.54, 1.807) is 20.8 Å². The minimum absolute atomic E-state index is 0.169. The SMILES string of the molecule is CC(C)(C)S(=O)N=Cc1cc(C(F)F)cc(C(F)(F)F)c1. The second-order valence-electron chi connectivity index (χ2n) is 5.28. The lowest BCUT2D eigenvalue weighted by molar-refractivity contribution is -0.137. The molecular formula is C13H14F5NOS. The van der Waals surface area contributed by atoms with Gasteiger partial charge in [-0.25, -0.2) is 13.0 Å². The van der Waals surface area contributed by atoms with Gasteiger partial charge < -0.3 is 0 Å². The zero-order valence-corrected chi connectivity index (χ0v) is 12.4. The molecule has 0 radical (unpaired) electrons. The average Bonchev–Trinajstić information content (AvgIpc) is 2.33. The summed E-state index contributed by atoms with van der Waals surface area (Å²) in [5.74, 6) is 0. The number of hydrogen-bond acceptors (Lipinski definition) is 1. The first-order valence-corrected chi connectivity index (χ1v) is 6.98. The summed E-state index contributed by atoms with van der Waals surface area (Å²) >= 11 is 0. The van der Waals surface area contributed by atoms with Crippen LogP contribution in [0.2, 0.25) is 0 Å². The maximum absolute atomic E-state index is 12.7. The van der Waals surface area contributed by atoms with E-state index in [1.807, 2.05) is 0 Å². The van der Waals surface area contributed by atoms with Gasteiger partial charge in [0, 0.05) is 11.8 Å². The molecule has 2 nitrogen and oxygen atoms in total. The first-order valence-electron chi connectivity index (χ1n) is 5.87. The predicted molar refractivity (Wildman–Crippen MR) is 71.9 cm³/mol. The Bertz CT molecular complexity index is 561. The molecule has 0 aromatic heterocycles. The molecule has 0 N–H and O–H groups in total. The van der Waals surface area contributed by atoms with Gasteiger partial charge in [-0.05, 0) is 44.5 Å². The molecule has 1 unspecified atom stereocenters. The highest BCUT2D eigenvalue weighted by atomic mass is 32.2. The van der Waals surface area contributed by atoms with Gasteiger partial charge in [0.25, 0.3) is 6.43 Å². The quantitative estimate of drug-likeness (QED) is 0.593. The van der Waals surface area contributed by atoms with Gasteiger partial charge in [-0.15, -0.1) is 0 Å². The Morgan fingerprint density at radius 1 is 1.14 bits per heavy atom. The zero-order valence-electron chi connectivity index (χ0n) is 11.5. The number of nitrogens with zero attached hydrogens (tertiary/aromatic N) is 1. The second kappa shape index (κ2) is 6.21. The highest BCUT2D eigenvalue weighted by Crippen LogP contribution is 2.32. The highest BCUT2D eigenvalue weighted by molar-refractivity contribution is 7.85. The molecule has 0 amide bonds. The van der Waals surface area contributed by atoms with Crippen LogP contribution in [0.3, 0.4) is 0 Å². The van der Waals surface area contributed by atoms with Crippen molar-refractivity contribution in [1.29, 1.82) is 0 Å². The van der Waals surface area contributed by atoms with E-state index in [0.717, 1.165) is 12.3 Å². The standard InChI is InChI=1S/C13H14F5NOS/c1-12(2,3)21(20)19-7-8-4-9(11(14)15)6-10(5-8)13(16,17)18/h4-7,11H,1-3H3. The van der Waals surface area contributed by atoms with Crippen LogP contribution in [0.15, 0.2) is 22.6 Å². The lowest BCUT2D eigenvalue weighted by Crippen LogP contribution is -2.19. The largest absolute Gasteiger partial charge is 0.416 e. The van der Waals surface area contributed by atoms with Gasteiger partial charge in [-0.2, -0.15) is 17.6 Å². The number of benzene rings is 1. The lowest BCUT2D eigenvalue weighted by Gasteiger charge is -2.13. The van der Waals surface area contributed by atoms with E-state index in [1.165, 1.54) is 0 Å².